The van der Waals surface area contributed by atoms with Crippen LogP contribution in [0, 0.1) is 0 Å². The molecule has 0 amide bonds. The van der Waals surface area contributed by atoms with E-state index in [1.54, 1.807) is 0 Å². The number of fused-ring (bicyclic) bond motifs is 1. The number of halogens is 3. The predicted octanol–water partition coefficient (Wildman–Crippen LogP) is 3.55. The number of nitrogens with zero attached hydrogens (tertiary/aromatic N) is 2. The smallest absolute Gasteiger partial charge is 0.408 e. The fourth-order valence-corrected chi connectivity index (χ4v) is 4.59. The monoisotopic (exact) mass is 441 g/mol. The third-order valence-electron chi connectivity index (χ3n) is 5.09. The summed E-state index contributed by atoms with van der Waals surface area (Å²) in [6.45, 7) is 1.26. The molecule has 4 rings (SSSR count). The first-order chi connectivity index (χ1) is 14.1. The number of alkyl halides is 3. The van der Waals surface area contributed by atoms with Crippen molar-refractivity contribution >= 4 is 32.5 Å². The summed E-state index contributed by atoms with van der Waals surface area (Å²) in [6, 6.07) is 6.84. The average molecular weight is 441 g/mol. The third kappa shape index (κ3) is 3.64. The number of oxazole rings is 1. The van der Waals surface area contributed by atoms with Gasteiger partial charge in [0.25, 0.3) is 10.0 Å². The van der Waals surface area contributed by atoms with E-state index in [0.29, 0.717) is 18.8 Å². The highest BCUT2D eigenvalue weighted by atomic mass is 32.2. The predicted molar refractivity (Wildman–Crippen MR) is 105 cm³/mol. The molecule has 1 saturated heterocycles. The number of benzene rings is 2. The molecule has 0 bridgehead atoms. The molecule has 11 heteroatoms. The maximum absolute atomic E-state index is 13.2. The Morgan fingerprint density at radius 3 is 2.43 bits per heavy atom. The molecule has 30 heavy (non-hydrogen) atoms. The summed E-state index contributed by atoms with van der Waals surface area (Å²) in [4.78, 5) is 13.3. The first-order valence-corrected chi connectivity index (χ1v) is 10.6. The quantitative estimate of drug-likeness (QED) is 0.670. The van der Waals surface area contributed by atoms with Crippen molar-refractivity contribution in [2.45, 2.75) is 23.9 Å². The second-order valence-corrected chi connectivity index (χ2v) is 8.77. The van der Waals surface area contributed by atoms with Gasteiger partial charge in [0.15, 0.2) is 5.58 Å². The fraction of sp³-hybridized carbons (Fsp3) is 0.316. The molecule has 3 aromatic rings. The minimum atomic E-state index is -4.61. The molecule has 7 nitrogen and oxygen atoms in total. The Labute approximate surface area is 169 Å². The normalized spacial score (nSPS) is 15.1. The zero-order chi connectivity index (χ0) is 21.7. The molecule has 2 aromatic carbocycles. The van der Waals surface area contributed by atoms with Crippen molar-refractivity contribution in [3.8, 4) is 0 Å². The van der Waals surface area contributed by atoms with Gasteiger partial charge in [0.1, 0.15) is 0 Å². The molecule has 0 spiro atoms. The number of hydrogen-bond donors (Lipinski definition) is 1. The van der Waals surface area contributed by atoms with Crippen molar-refractivity contribution < 1.29 is 26.0 Å². The van der Waals surface area contributed by atoms with E-state index in [1.165, 1.54) is 31.3 Å². The van der Waals surface area contributed by atoms with Gasteiger partial charge in [-0.05, 0) is 49.2 Å². The topological polar surface area (TPSA) is 84.5 Å². The lowest BCUT2D eigenvalue weighted by molar-refractivity contribution is -0.137. The Morgan fingerprint density at radius 2 is 1.77 bits per heavy atom. The highest BCUT2D eigenvalue weighted by Gasteiger charge is 2.32. The maximum Gasteiger partial charge on any atom is 0.419 e. The standard InChI is InChI=1S/C19H18F3N3O4S/c1-24-16-11-13(5-7-17(16)29-18(24)26)30(27,28)23-14-10-12(19(20,21)22)4-6-15(14)25-8-2-3-9-25/h4-7,10-11,23H,2-3,8-9H2,1H3. The SMILES string of the molecule is Cn1c(=O)oc2ccc(S(=O)(=O)Nc3cc(C(F)(F)F)ccc3N3CCCC3)cc21. The molecule has 1 aliphatic rings. The molecule has 160 valence electrons. The Bertz CT molecular complexity index is 1270. The second-order valence-electron chi connectivity index (χ2n) is 7.09. The van der Waals surface area contributed by atoms with Crippen LogP contribution in [0.1, 0.15) is 18.4 Å². The van der Waals surface area contributed by atoms with Crippen molar-refractivity contribution in [1.82, 2.24) is 4.57 Å². The Hall–Kier alpha value is -2.95. The summed E-state index contributed by atoms with van der Waals surface area (Å²) in [7, 11) is -2.80. The van der Waals surface area contributed by atoms with Gasteiger partial charge in [-0.25, -0.2) is 13.2 Å². The van der Waals surface area contributed by atoms with Gasteiger partial charge in [0, 0.05) is 20.1 Å². The number of hydrogen-bond acceptors (Lipinski definition) is 5. The lowest BCUT2D eigenvalue weighted by Crippen LogP contribution is -2.22. The summed E-state index contributed by atoms with van der Waals surface area (Å²) in [5, 5.41) is 0. The third-order valence-corrected chi connectivity index (χ3v) is 6.45. The molecule has 1 fully saturated rings. The number of rotatable bonds is 4. The summed E-state index contributed by atoms with van der Waals surface area (Å²) < 4.78 is 74.0. The van der Waals surface area contributed by atoms with E-state index in [9.17, 15) is 26.4 Å². The van der Waals surface area contributed by atoms with Crippen molar-refractivity contribution in [3.05, 3.63) is 52.5 Å². The van der Waals surface area contributed by atoms with Gasteiger partial charge < -0.3 is 9.32 Å². The van der Waals surface area contributed by atoms with Crippen LogP contribution in [0.2, 0.25) is 0 Å². The van der Waals surface area contributed by atoms with Crippen LogP contribution in [0.3, 0.4) is 0 Å². The van der Waals surface area contributed by atoms with E-state index in [1.807, 2.05) is 4.90 Å². The minimum Gasteiger partial charge on any atom is -0.408 e. The molecule has 0 aliphatic carbocycles. The number of sulfonamides is 1. The van der Waals surface area contributed by atoms with Crippen molar-refractivity contribution in [1.29, 1.82) is 0 Å². The summed E-state index contributed by atoms with van der Waals surface area (Å²) in [6.07, 6.45) is -2.87. The first-order valence-electron chi connectivity index (χ1n) is 9.15. The van der Waals surface area contributed by atoms with E-state index in [-0.39, 0.29) is 21.7 Å². The number of anilines is 2. The average Bonchev–Trinajstić information content (AvgIpc) is 3.29. The zero-order valence-corrected chi connectivity index (χ0v) is 16.7. The lowest BCUT2D eigenvalue weighted by atomic mass is 10.1. The summed E-state index contributed by atoms with van der Waals surface area (Å²) in [5.41, 5.74) is -0.241. The minimum absolute atomic E-state index is 0.145. The Morgan fingerprint density at radius 1 is 1.07 bits per heavy atom. The van der Waals surface area contributed by atoms with Gasteiger partial charge in [0.05, 0.1) is 27.4 Å². The van der Waals surface area contributed by atoms with Crippen LogP contribution in [0.25, 0.3) is 11.1 Å². The van der Waals surface area contributed by atoms with Crippen LogP contribution < -0.4 is 15.4 Å². The van der Waals surface area contributed by atoms with Crippen LogP contribution in [-0.4, -0.2) is 26.1 Å². The molecule has 0 saturated carbocycles. The largest absolute Gasteiger partial charge is 0.419 e. The van der Waals surface area contributed by atoms with E-state index >= 15 is 0 Å². The van der Waals surface area contributed by atoms with E-state index in [4.69, 9.17) is 4.42 Å². The Balaban J connectivity index is 1.78. The van der Waals surface area contributed by atoms with Crippen LogP contribution in [0.5, 0.6) is 0 Å². The van der Waals surface area contributed by atoms with Crippen molar-refractivity contribution in [2.75, 3.05) is 22.7 Å². The van der Waals surface area contributed by atoms with Crippen molar-refractivity contribution in [3.63, 3.8) is 0 Å². The van der Waals surface area contributed by atoms with Crippen LogP contribution in [-0.2, 0) is 23.2 Å². The maximum atomic E-state index is 13.2. The molecule has 1 aliphatic heterocycles. The number of aromatic nitrogens is 1. The highest BCUT2D eigenvalue weighted by molar-refractivity contribution is 7.92. The molecule has 1 aromatic heterocycles. The second kappa shape index (κ2) is 7.08. The van der Waals surface area contributed by atoms with E-state index in [0.717, 1.165) is 29.5 Å². The van der Waals surface area contributed by atoms with Crippen LogP contribution >= 0.6 is 0 Å². The molecule has 0 radical (unpaired) electrons. The number of nitrogens with one attached hydrogen (secondary N) is 1. The van der Waals surface area contributed by atoms with Crippen molar-refractivity contribution in [2.24, 2.45) is 7.05 Å². The first kappa shape index (κ1) is 20.3. The van der Waals surface area contributed by atoms with E-state index < -0.39 is 27.5 Å². The van der Waals surface area contributed by atoms with Gasteiger partial charge in [-0.15, -0.1) is 0 Å². The number of aryl methyl sites for hydroxylation is 1. The summed E-state index contributed by atoms with van der Waals surface area (Å²) in [5.74, 6) is -0.651. The molecular weight excluding hydrogens is 423 g/mol. The van der Waals surface area contributed by atoms with E-state index in [2.05, 4.69) is 4.72 Å². The molecule has 1 N–H and O–H groups in total. The van der Waals surface area contributed by atoms with Gasteiger partial charge in [-0.1, -0.05) is 0 Å². The lowest BCUT2D eigenvalue weighted by Gasteiger charge is -2.23. The molecular formula is C19H18F3N3O4S. The molecule has 2 heterocycles. The highest BCUT2D eigenvalue weighted by Crippen LogP contribution is 2.37. The van der Waals surface area contributed by atoms with Crippen LogP contribution in [0.4, 0.5) is 24.5 Å². The Kier molecular flexibility index (Phi) is 4.80. The molecule has 0 unspecified atom stereocenters. The fourth-order valence-electron chi connectivity index (χ4n) is 3.51. The van der Waals surface area contributed by atoms with Gasteiger partial charge in [0.2, 0.25) is 0 Å². The van der Waals surface area contributed by atoms with Gasteiger partial charge >= 0.3 is 11.9 Å². The van der Waals surface area contributed by atoms with Crippen LogP contribution in [0.15, 0.2) is 50.5 Å². The summed E-state index contributed by atoms with van der Waals surface area (Å²) >= 11 is 0. The van der Waals surface area contributed by atoms with Gasteiger partial charge in [-0.3, -0.25) is 9.29 Å². The van der Waals surface area contributed by atoms with Gasteiger partial charge in [-0.2, -0.15) is 13.2 Å². The molecule has 0 atom stereocenters. The zero-order valence-electron chi connectivity index (χ0n) is 15.9.